The van der Waals surface area contributed by atoms with E-state index in [9.17, 15) is 9.59 Å². The number of nitrogens with one attached hydrogen (secondary N) is 1. The lowest BCUT2D eigenvalue weighted by molar-refractivity contribution is -0.126. The molecule has 1 saturated carbocycles. The first kappa shape index (κ1) is 20.4. The zero-order valence-electron chi connectivity index (χ0n) is 18.0. The summed E-state index contributed by atoms with van der Waals surface area (Å²) in [6.07, 6.45) is 4.04. The Morgan fingerprint density at radius 1 is 1.09 bits per heavy atom. The summed E-state index contributed by atoms with van der Waals surface area (Å²) in [4.78, 5) is 29.8. The van der Waals surface area contributed by atoms with Gasteiger partial charge in [0.05, 0.1) is 23.9 Å². The number of ether oxygens (including phenoxy) is 1. The molecule has 164 valence electrons. The lowest BCUT2D eigenvalue weighted by Gasteiger charge is -2.33. The number of nitrogens with zero attached hydrogens (tertiary/aromatic N) is 2. The van der Waals surface area contributed by atoms with Crippen LogP contribution in [0.15, 0.2) is 78.5 Å². The van der Waals surface area contributed by atoms with Crippen LogP contribution in [0, 0.1) is 5.92 Å². The van der Waals surface area contributed by atoms with Crippen LogP contribution in [0.25, 0.3) is 0 Å². The van der Waals surface area contributed by atoms with Crippen molar-refractivity contribution in [2.45, 2.75) is 25.5 Å². The third-order valence-corrected chi connectivity index (χ3v) is 6.22. The van der Waals surface area contributed by atoms with Gasteiger partial charge < -0.3 is 15.0 Å². The number of hydrogen-bond donors (Lipinski definition) is 1. The van der Waals surface area contributed by atoms with Gasteiger partial charge in [0.15, 0.2) is 0 Å². The highest BCUT2D eigenvalue weighted by Crippen LogP contribution is 2.39. The predicted octanol–water partition coefficient (Wildman–Crippen LogP) is 4.02. The van der Waals surface area contributed by atoms with Gasteiger partial charge in [-0.3, -0.25) is 9.69 Å². The quantitative estimate of drug-likeness (QED) is 0.645. The summed E-state index contributed by atoms with van der Waals surface area (Å²) in [5.41, 5.74) is 3.37. The SMILES string of the molecule is C=CCN1C(=O)N[C@@H](c2cccc(OCc3ccccc3)c2)C2=C1CN(CC1CC1)C2=O. The Morgan fingerprint density at radius 3 is 2.66 bits per heavy atom. The molecule has 6 heteroatoms. The van der Waals surface area contributed by atoms with Crippen LogP contribution in [0.3, 0.4) is 0 Å². The standard InChI is InChI=1S/C26H27N3O3/c1-2-13-29-22-16-28(15-18-11-12-18)25(30)23(22)24(27-26(29)31)20-9-6-10-21(14-20)32-17-19-7-4-3-5-8-19/h2-10,14,18,24H,1,11-13,15-17H2,(H,27,31)/t24-/m0/s1. The van der Waals surface area contributed by atoms with E-state index in [4.69, 9.17) is 4.74 Å². The van der Waals surface area contributed by atoms with Gasteiger partial charge in [-0.05, 0) is 42.0 Å². The molecule has 0 unspecified atom stereocenters. The smallest absolute Gasteiger partial charge is 0.322 e. The molecule has 0 bridgehead atoms. The van der Waals surface area contributed by atoms with Gasteiger partial charge in [-0.2, -0.15) is 0 Å². The molecule has 1 N–H and O–H groups in total. The summed E-state index contributed by atoms with van der Waals surface area (Å²) in [6, 6.07) is 16.9. The Hall–Kier alpha value is -3.54. The van der Waals surface area contributed by atoms with Crippen LogP contribution in [-0.4, -0.2) is 41.4 Å². The molecule has 1 fully saturated rings. The molecule has 2 aromatic rings. The number of urea groups is 1. The predicted molar refractivity (Wildman–Crippen MR) is 122 cm³/mol. The summed E-state index contributed by atoms with van der Waals surface area (Å²) in [5, 5.41) is 3.04. The van der Waals surface area contributed by atoms with Crippen LogP contribution in [0.2, 0.25) is 0 Å². The lowest BCUT2D eigenvalue weighted by Crippen LogP contribution is -2.47. The monoisotopic (exact) mass is 429 g/mol. The van der Waals surface area contributed by atoms with E-state index in [0.717, 1.165) is 23.4 Å². The maximum absolute atomic E-state index is 13.4. The highest BCUT2D eigenvalue weighted by atomic mass is 16.5. The number of hydrogen-bond acceptors (Lipinski definition) is 3. The second-order valence-corrected chi connectivity index (χ2v) is 8.62. The van der Waals surface area contributed by atoms with E-state index < -0.39 is 6.04 Å². The molecule has 0 aromatic heterocycles. The summed E-state index contributed by atoms with van der Waals surface area (Å²) < 4.78 is 5.98. The minimum atomic E-state index is -0.490. The van der Waals surface area contributed by atoms with E-state index >= 15 is 0 Å². The first-order valence-corrected chi connectivity index (χ1v) is 11.1. The summed E-state index contributed by atoms with van der Waals surface area (Å²) in [5.74, 6) is 1.31. The van der Waals surface area contributed by atoms with Gasteiger partial charge in [0.2, 0.25) is 0 Å². The zero-order chi connectivity index (χ0) is 22.1. The number of benzene rings is 2. The Balaban J connectivity index is 1.42. The van der Waals surface area contributed by atoms with Crippen molar-refractivity contribution in [1.82, 2.24) is 15.1 Å². The number of carbonyl (C=O) groups excluding carboxylic acids is 2. The van der Waals surface area contributed by atoms with Gasteiger partial charge in [0.1, 0.15) is 12.4 Å². The van der Waals surface area contributed by atoms with E-state index in [0.29, 0.717) is 36.9 Å². The van der Waals surface area contributed by atoms with Gasteiger partial charge in [-0.15, -0.1) is 6.58 Å². The minimum absolute atomic E-state index is 0.0153. The molecule has 2 aromatic carbocycles. The molecule has 0 spiro atoms. The summed E-state index contributed by atoms with van der Waals surface area (Å²) >= 11 is 0. The van der Waals surface area contributed by atoms with Crippen LogP contribution in [0.5, 0.6) is 5.75 Å². The van der Waals surface area contributed by atoms with E-state index in [-0.39, 0.29) is 11.9 Å². The first-order valence-electron chi connectivity index (χ1n) is 11.1. The second-order valence-electron chi connectivity index (χ2n) is 8.62. The fraction of sp³-hybridized carbons (Fsp3) is 0.308. The van der Waals surface area contributed by atoms with Crippen LogP contribution in [0.1, 0.15) is 30.0 Å². The number of amides is 3. The van der Waals surface area contributed by atoms with Crippen LogP contribution in [0.4, 0.5) is 4.79 Å². The largest absolute Gasteiger partial charge is 0.489 e. The average molecular weight is 430 g/mol. The Kier molecular flexibility index (Phi) is 5.43. The van der Waals surface area contributed by atoms with Crippen LogP contribution >= 0.6 is 0 Å². The third-order valence-electron chi connectivity index (χ3n) is 6.22. The van der Waals surface area contributed by atoms with E-state index in [1.807, 2.05) is 59.5 Å². The second kappa shape index (κ2) is 8.54. The highest BCUT2D eigenvalue weighted by molar-refractivity contribution is 6.01. The van der Waals surface area contributed by atoms with Crippen molar-refractivity contribution in [3.8, 4) is 5.75 Å². The fourth-order valence-electron chi connectivity index (χ4n) is 4.41. The Morgan fingerprint density at radius 2 is 1.91 bits per heavy atom. The Labute approximate surface area is 188 Å². The molecular weight excluding hydrogens is 402 g/mol. The summed E-state index contributed by atoms with van der Waals surface area (Å²) in [7, 11) is 0. The van der Waals surface area contributed by atoms with Gasteiger partial charge >= 0.3 is 6.03 Å². The molecule has 5 rings (SSSR count). The topological polar surface area (TPSA) is 61.9 Å². The van der Waals surface area contributed by atoms with Crippen molar-refractivity contribution in [3.63, 3.8) is 0 Å². The van der Waals surface area contributed by atoms with Gasteiger partial charge in [-0.1, -0.05) is 48.5 Å². The first-order chi connectivity index (χ1) is 15.6. The van der Waals surface area contributed by atoms with Crippen molar-refractivity contribution in [3.05, 3.63) is 89.6 Å². The average Bonchev–Trinajstić information content (AvgIpc) is 3.58. The van der Waals surface area contributed by atoms with Crippen molar-refractivity contribution in [1.29, 1.82) is 0 Å². The van der Waals surface area contributed by atoms with E-state index in [2.05, 4.69) is 11.9 Å². The molecule has 0 saturated heterocycles. The van der Waals surface area contributed by atoms with Crippen molar-refractivity contribution in [2.75, 3.05) is 19.6 Å². The molecule has 1 aliphatic carbocycles. The summed E-state index contributed by atoms with van der Waals surface area (Å²) in [6.45, 7) is 5.84. The fourth-order valence-corrected chi connectivity index (χ4v) is 4.41. The molecular formula is C26H27N3O3. The van der Waals surface area contributed by atoms with E-state index in [1.54, 1.807) is 11.0 Å². The number of carbonyl (C=O) groups is 2. The molecule has 0 radical (unpaired) electrons. The van der Waals surface area contributed by atoms with Crippen molar-refractivity contribution in [2.24, 2.45) is 5.92 Å². The molecule has 32 heavy (non-hydrogen) atoms. The van der Waals surface area contributed by atoms with Gasteiger partial charge in [0, 0.05) is 13.1 Å². The van der Waals surface area contributed by atoms with Gasteiger partial charge in [-0.25, -0.2) is 4.79 Å². The lowest BCUT2D eigenvalue weighted by atomic mass is 9.95. The van der Waals surface area contributed by atoms with Gasteiger partial charge in [0.25, 0.3) is 5.91 Å². The molecule has 1 atom stereocenters. The number of rotatable bonds is 8. The third kappa shape index (κ3) is 4.00. The molecule has 2 heterocycles. The van der Waals surface area contributed by atoms with Crippen molar-refractivity contribution < 1.29 is 14.3 Å². The normalized spacial score (nSPS) is 20.3. The molecule has 3 aliphatic rings. The Bertz CT molecular complexity index is 1070. The molecule has 3 amide bonds. The van der Waals surface area contributed by atoms with Crippen LogP contribution in [-0.2, 0) is 11.4 Å². The van der Waals surface area contributed by atoms with Crippen molar-refractivity contribution >= 4 is 11.9 Å². The molecule has 6 nitrogen and oxygen atoms in total. The van der Waals surface area contributed by atoms with E-state index in [1.165, 1.54) is 12.8 Å². The van der Waals surface area contributed by atoms with Crippen LogP contribution < -0.4 is 10.1 Å². The maximum Gasteiger partial charge on any atom is 0.322 e. The maximum atomic E-state index is 13.4. The molecule has 2 aliphatic heterocycles. The highest BCUT2D eigenvalue weighted by Gasteiger charge is 2.44. The minimum Gasteiger partial charge on any atom is -0.489 e. The zero-order valence-corrected chi connectivity index (χ0v) is 18.0.